The number of thiophene rings is 1. The van der Waals surface area contributed by atoms with Crippen molar-refractivity contribution in [1.82, 2.24) is 10.2 Å². The van der Waals surface area contributed by atoms with Crippen molar-refractivity contribution in [1.29, 1.82) is 0 Å². The summed E-state index contributed by atoms with van der Waals surface area (Å²) < 4.78 is 0. The van der Waals surface area contributed by atoms with Crippen LogP contribution in [0.15, 0.2) is 59.3 Å². The zero-order chi connectivity index (χ0) is 27.2. The summed E-state index contributed by atoms with van der Waals surface area (Å²) in [6.07, 6.45) is 2.25. The first-order valence-electron chi connectivity index (χ1n) is 13.6. The Hall–Kier alpha value is -3.85. The summed E-state index contributed by atoms with van der Waals surface area (Å²) in [4.78, 5) is 44.3. The number of aryl methyl sites for hydroxylation is 1. The Labute approximate surface area is 233 Å². The number of rotatable bonds is 9. The van der Waals surface area contributed by atoms with Gasteiger partial charge in [0.15, 0.2) is 0 Å². The van der Waals surface area contributed by atoms with Crippen LogP contribution in [0.5, 0.6) is 0 Å². The first kappa shape index (κ1) is 26.7. The third-order valence-corrected chi connectivity index (χ3v) is 8.11. The fourth-order valence-corrected chi connectivity index (χ4v) is 5.90. The van der Waals surface area contributed by atoms with Crippen molar-refractivity contribution in [2.24, 2.45) is 0 Å². The summed E-state index contributed by atoms with van der Waals surface area (Å²) in [5, 5.41) is 9.71. The molecule has 204 valence electrons. The molecule has 39 heavy (non-hydrogen) atoms. The molecule has 0 spiro atoms. The molecule has 2 aliphatic heterocycles. The SMILES string of the molecule is Cc1ccccc1N1CCN(c2ccc(C(=O)NCCCN3CCCC3=O)cc2NC(=O)c2ccsc2)CC1. The monoisotopic (exact) mass is 545 g/mol. The molecule has 3 heterocycles. The lowest BCUT2D eigenvalue weighted by Gasteiger charge is -2.38. The van der Waals surface area contributed by atoms with E-state index in [9.17, 15) is 14.4 Å². The highest BCUT2D eigenvalue weighted by Crippen LogP contribution is 2.30. The molecule has 1 aromatic heterocycles. The number of carbonyl (C=O) groups excluding carboxylic acids is 3. The fourth-order valence-electron chi connectivity index (χ4n) is 5.26. The minimum atomic E-state index is -0.191. The molecule has 3 aromatic rings. The number of piperazine rings is 1. The highest BCUT2D eigenvalue weighted by atomic mass is 32.1. The summed E-state index contributed by atoms with van der Waals surface area (Å²) in [6, 6.07) is 15.7. The first-order valence-corrected chi connectivity index (χ1v) is 14.5. The Balaban J connectivity index is 1.27. The van der Waals surface area contributed by atoms with Gasteiger partial charge in [0.05, 0.1) is 16.9 Å². The quantitative estimate of drug-likeness (QED) is 0.390. The number of nitrogens with one attached hydrogen (secondary N) is 2. The summed E-state index contributed by atoms with van der Waals surface area (Å²) >= 11 is 1.47. The van der Waals surface area contributed by atoms with E-state index < -0.39 is 0 Å². The molecule has 2 fully saturated rings. The van der Waals surface area contributed by atoms with Gasteiger partial charge >= 0.3 is 0 Å². The Morgan fingerprint density at radius 3 is 2.36 bits per heavy atom. The minimum Gasteiger partial charge on any atom is -0.368 e. The van der Waals surface area contributed by atoms with Gasteiger partial charge in [-0.25, -0.2) is 0 Å². The number of likely N-dealkylation sites (tertiary alicyclic amines) is 1. The predicted molar refractivity (Wildman–Crippen MR) is 157 cm³/mol. The fraction of sp³-hybridized carbons (Fsp3) is 0.367. The number of para-hydroxylation sites is 1. The van der Waals surface area contributed by atoms with Crippen LogP contribution in [-0.2, 0) is 4.79 Å². The Kier molecular flexibility index (Phi) is 8.46. The number of anilines is 3. The summed E-state index contributed by atoms with van der Waals surface area (Å²) in [5.41, 5.74) is 5.15. The second-order valence-electron chi connectivity index (χ2n) is 10.1. The summed E-state index contributed by atoms with van der Waals surface area (Å²) in [5.74, 6) is -0.184. The van der Waals surface area contributed by atoms with Gasteiger partial charge in [0.1, 0.15) is 0 Å². The van der Waals surface area contributed by atoms with Crippen molar-refractivity contribution >= 4 is 46.1 Å². The molecule has 0 radical (unpaired) electrons. The van der Waals surface area contributed by atoms with Crippen molar-refractivity contribution in [2.45, 2.75) is 26.2 Å². The van der Waals surface area contributed by atoms with E-state index in [2.05, 4.69) is 51.6 Å². The third kappa shape index (κ3) is 6.42. The van der Waals surface area contributed by atoms with E-state index in [4.69, 9.17) is 0 Å². The average molecular weight is 546 g/mol. The lowest BCUT2D eigenvalue weighted by Crippen LogP contribution is -2.47. The zero-order valence-corrected chi connectivity index (χ0v) is 23.1. The van der Waals surface area contributed by atoms with Crippen LogP contribution in [0, 0.1) is 6.92 Å². The number of benzene rings is 2. The zero-order valence-electron chi connectivity index (χ0n) is 22.3. The molecule has 8 nitrogen and oxygen atoms in total. The standard InChI is InChI=1S/C30H35N5O3S/c1-22-6-2-3-7-26(22)33-15-17-34(18-16-33)27-10-9-23(20-25(27)32-30(38)24-11-19-39-21-24)29(37)31-12-5-14-35-13-4-8-28(35)36/h2-3,6-7,9-11,19-21H,4-5,8,12-18H2,1H3,(H,31,37)(H,32,38). The van der Waals surface area contributed by atoms with Gasteiger partial charge in [-0.2, -0.15) is 11.3 Å². The highest BCUT2D eigenvalue weighted by Gasteiger charge is 2.23. The molecule has 0 bridgehead atoms. The van der Waals surface area contributed by atoms with E-state index in [1.165, 1.54) is 22.6 Å². The predicted octanol–water partition coefficient (Wildman–Crippen LogP) is 4.38. The molecule has 2 aromatic carbocycles. The molecule has 3 amide bonds. The summed E-state index contributed by atoms with van der Waals surface area (Å²) in [6.45, 7) is 7.42. The van der Waals surface area contributed by atoms with Crippen LogP contribution in [0.25, 0.3) is 0 Å². The maximum Gasteiger partial charge on any atom is 0.256 e. The van der Waals surface area contributed by atoms with Gasteiger partial charge in [0, 0.05) is 68.9 Å². The van der Waals surface area contributed by atoms with Crippen molar-refractivity contribution in [2.75, 3.05) is 60.9 Å². The van der Waals surface area contributed by atoms with Crippen molar-refractivity contribution in [3.8, 4) is 0 Å². The van der Waals surface area contributed by atoms with Gasteiger partial charge in [0.25, 0.3) is 11.8 Å². The van der Waals surface area contributed by atoms with E-state index in [1.54, 1.807) is 12.1 Å². The van der Waals surface area contributed by atoms with Crippen LogP contribution in [0.3, 0.4) is 0 Å². The molecule has 2 aliphatic rings. The number of nitrogens with zero attached hydrogens (tertiary/aromatic N) is 3. The van der Waals surface area contributed by atoms with E-state index in [1.807, 2.05) is 27.8 Å². The number of hydrogen-bond acceptors (Lipinski definition) is 6. The number of hydrogen-bond donors (Lipinski definition) is 2. The van der Waals surface area contributed by atoms with Crippen LogP contribution in [0.1, 0.15) is 45.5 Å². The highest BCUT2D eigenvalue weighted by molar-refractivity contribution is 7.08. The molecular weight excluding hydrogens is 510 g/mol. The molecule has 0 aliphatic carbocycles. The van der Waals surface area contributed by atoms with Crippen molar-refractivity contribution < 1.29 is 14.4 Å². The normalized spacial score (nSPS) is 15.5. The molecule has 9 heteroatoms. The Bertz CT molecular complexity index is 1320. The topological polar surface area (TPSA) is 85.0 Å². The van der Waals surface area contributed by atoms with Gasteiger partial charge in [-0.3, -0.25) is 14.4 Å². The molecule has 5 rings (SSSR count). The molecule has 0 atom stereocenters. The number of carbonyl (C=O) groups is 3. The van der Waals surface area contributed by atoms with E-state index in [0.717, 1.165) is 44.8 Å². The van der Waals surface area contributed by atoms with E-state index in [-0.39, 0.29) is 17.7 Å². The lowest BCUT2D eigenvalue weighted by molar-refractivity contribution is -0.127. The third-order valence-electron chi connectivity index (χ3n) is 7.43. The van der Waals surface area contributed by atoms with Crippen LogP contribution in [0.2, 0.25) is 0 Å². The largest absolute Gasteiger partial charge is 0.368 e. The molecule has 2 saturated heterocycles. The van der Waals surface area contributed by atoms with Crippen molar-refractivity contribution in [3.63, 3.8) is 0 Å². The molecule has 0 saturated carbocycles. The lowest BCUT2D eigenvalue weighted by atomic mass is 10.1. The number of amides is 3. The maximum absolute atomic E-state index is 13.0. The van der Waals surface area contributed by atoms with Crippen LogP contribution >= 0.6 is 11.3 Å². The Morgan fingerprint density at radius 2 is 1.67 bits per heavy atom. The Morgan fingerprint density at radius 1 is 0.897 bits per heavy atom. The van der Waals surface area contributed by atoms with Gasteiger partial charge in [-0.15, -0.1) is 0 Å². The summed E-state index contributed by atoms with van der Waals surface area (Å²) in [7, 11) is 0. The van der Waals surface area contributed by atoms with Crippen molar-refractivity contribution in [3.05, 3.63) is 76.0 Å². The van der Waals surface area contributed by atoms with E-state index in [0.29, 0.717) is 42.7 Å². The van der Waals surface area contributed by atoms with Gasteiger partial charge in [-0.1, -0.05) is 18.2 Å². The second-order valence-corrected chi connectivity index (χ2v) is 10.8. The van der Waals surface area contributed by atoms with Crippen LogP contribution in [0.4, 0.5) is 17.1 Å². The first-order chi connectivity index (χ1) is 19.0. The van der Waals surface area contributed by atoms with E-state index >= 15 is 0 Å². The molecule has 0 unspecified atom stereocenters. The average Bonchev–Trinajstić information content (AvgIpc) is 3.64. The van der Waals surface area contributed by atoms with Gasteiger partial charge in [0.2, 0.25) is 5.91 Å². The minimum absolute atomic E-state index is 0.190. The van der Waals surface area contributed by atoms with Crippen LogP contribution < -0.4 is 20.4 Å². The van der Waals surface area contributed by atoms with Gasteiger partial charge < -0.3 is 25.3 Å². The van der Waals surface area contributed by atoms with Crippen LogP contribution in [-0.4, -0.2) is 68.4 Å². The molecular formula is C30H35N5O3S. The molecule has 2 N–H and O–H groups in total. The van der Waals surface area contributed by atoms with Gasteiger partial charge in [-0.05, 0) is 61.0 Å². The smallest absolute Gasteiger partial charge is 0.256 e. The second kappa shape index (κ2) is 12.3. The maximum atomic E-state index is 13.0.